The number of aromatic nitrogens is 3. The van der Waals surface area contributed by atoms with Gasteiger partial charge in [0, 0.05) is 35.9 Å². The number of halogens is 3. The number of nitrogens with one attached hydrogen (secondary N) is 1. The molecule has 0 aliphatic rings. The number of ether oxygens (including phenoxy) is 1. The van der Waals surface area contributed by atoms with Gasteiger partial charge in [-0.15, -0.1) is 0 Å². The highest BCUT2D eigenvalue weighted by Gasteiger charge is 2.31. The molecule has 0 aliphatic carbocycles. The van der Waals surface area contributed by atoms with Crippen LogP contribution < -0.4 is 15.6 Å². The third-order valence-corrected chi connectivity index (χ3v) is 4.43. The molecule has 0 saturated carbocycles. The Morgan fingerprint density at radius 1 is 1.17 bits per heavy atom. The first kappa shape index (κ1) is 20.6. The normalized spacial score (nSPS) is 11.6. The van der Waals surface area contributed by atoms with Crippen molar-refractivity contribution in [3.8, 4) is 5.75 Å². The minimum Gasteiger partial charge on any atom is -0.497 e. The number of nitrogens with zero attached hydrogens (tertiary/aromatic N) is 3. The van der Waals surface area contributed by atoms with Crippen LogP contribution in [0.1, 0.15) is 31.7 Å². The fourth-order valence-corrected chi connectivity index (χ4v) is 2.95. The lowest BCUT2D eigenvalue weighted by atomic mass is 10.2. The van der Waals surface area contributed by atoms with Crippen molar-refractivity contribution in [1.82, 2.24) is 14.5 Å². The van der Waals surface area contributed by atoms with Gasteiger partial charge in [0.05, 0.1) is 12.7 Å². The summed E-state index contributed by atoms with van der Waals surface area (Å²) in [4.78, 5) is 20.8. The van der Waals surface area contributed by atoms with Crippen LogP contribution in [0.2, 0.25) is 0 Å². The van der Waals surface area contributed by atoms with Gasteiger partial charge >= 0.3 is 6.18 Å². The maximum absolute atomic E-state index is 13.1. The lowest BCUT2D eigenvalue weighted by Crippen LogP contribution is -2.20. The first-order valence-corrected chi connectivity index (χ1v) is 9.21. The van der Waals surface area contributed by atoms with E-state index in [0.717, 1.165) is 31.4 Å². The molecule has 0 spiro atoms. The quantitative estimate of drug-likeness (QED) is 0.574. The van der Waals surface area contributed by atoms with E-state index in [-0.39, 0.29) is 22.9 Å². The molecule has 0 saturated heterocycles. The van der Waals surface area contributed by atoms with Crippen LogP contribution in [0.5, 0.6) is 5.75 Å². The first-order chi connectivity index (χ1) is 13.8. The third-order valence-electron chi connectivity index (χ3n) is 4.43. The monoisotopic (exact) mass is 406 g/mol. The minimum atomic E-state index is -4.52. The van der Waals surface area contributed by atoms with Crippen LogP contribution in [0, 0.1) is 0 Å². The highest BCUT2D eigenvalue weighted by molar-refractivity contribution is 5.75. The molecule has 0 bridgehead atoms. The molecule has 3 aromatic rings. The van der Waals surface area contributed by atoms with Crippen LogP contribution in [0.15, 0.2) is 41.3 Å². The molecule has 0 amide bonds. The summed E-state index contributed by atoms with van der Waals surface area (Å²) in [7, 11) is 1.29. The van der Waals surface area contributed by atoms with Crippen molar-refractivity contribution in [2.24, 2.45) is 0 Å². The Labute approximate surface area is 165 Å². The van der Waals surface area contributed by atoms with Crippen molar-refractivity contribution in [2.45, 2.75) is 38.9 Å². The molecule has 0 unspecified atom stereocenters. The van der Waals surface area contributed by atoms with E-state index < -0.39 is 11.7 Å². The number of benzene rings is 1. The molecular weight excluding hydrogens is 385 g/mol. The van der Waals surface area contributed by atoms with E-state index in [9.17, 15) is 18.0 Å². The van der Waals surface area contributed by atoms with Crippen LogP contribution in [0.4, 0.5) is 24.8 Å². The van der Waals surface area contributed by atoms with E-state index in [1.54, 1.807) is 10.6 Å². The van der Waals surface area contributed by atoms with Gasteiger partial charge in [0.2, 0.25) is 5.95 Å². The zero-order valence-corrected chi connectivity index (χ0v) is 16.1. The number of aryl methyl sites for hydroxylation is 1. The van der Waals surface area contributed by atoms with Crippen LogP contribution in [0.3, 0.4) is 0 Å². The molecule has 0 radical (unpaired) electrons. The summed E-state index contributed by atoms with van der Waals surface area (Å²) in [6.07, 6.45) is -0.172. The second kappa shape index (κ2) is 8.50. The Morgan fingerprint density at radius 3 is 2.66 bits per heavy atom. The zero-order chi connectivity index (χ0) is 21.0. The topological polar surface area (TPSA) is 69.0 Å². The van der Waals surface area contributed by atoms with Crippen LogP contribution in [0.25, 0.3) is 11.0 Å². The summed E-state index contributed by atoms with van der Waals surface area (Å²) >= 11 is 0. The van der Waals surface area contributed by atoms with E-state index in [1.807, 2.05) is 0 Å². The van der Waals surface area contributed by atoms with Gasteiger partial charge in [-0.25, -0.2) is 4.98 Å². The molecule has 1 N–H and O–H groups in total. The van der Waals surface area contributed by atoms with Gasteiger partial charge in [-0.05, 0) is 24.6 Å². The highest BCUT2D eigenvalue weighted by Crippen LogP contribution is 2.34. The fourth-order valence-electron chi connectivity index (χ4n) is 2.95. The molecule has 9 heteroatoms. The number of fused-ring (bicyclic) bond motifs is 1. The molecule has 3 rings (SSSR count). The Morgan fingerprint density at radius 2 is 1.97 bits per heavy atom. The van der Waals surface area contributed by atoms with E-state index in [2.05, 4.69) is 22.2 Å². The molecule has 29 heavy (non-hydrogen) atoms. The number of rotatable bonds is 7. The largest absolute Gasteiger partial charge is 0.497 e. The van der Waals surface area contributed by atoms with Gasteiger partial charge in [-0.2, -0.15) is 18.2 Å². The molecule has 0 fully saturated rings. The predicted octanol–water partition coefficient (Wildman–Crippen LogP) is 4.75. The molecular formula is C20H21F3N4O2. The van der Waals surface area contributed by atoms with E-state index in [4.69, 9.17) is 4.74 Å². The van der Waals surface area contributed by atoms with Gasteiger partial charge in [0.1, 0.15) is 11.4 Å². The smallest absolute Gasteiger partial charge is 0.416 e. The van der Waals surface area contributed by atoms with Gasteiger partial charge in [0.15, 0.2) is 0 Å². The Hall–Kier alpha value is -3.10. The number of alkyl halides is 3. The zero-order valence-electron chi connectivity index (χ0n) is 16.1. The van der Waals surface area contributed by atoms with Crippen LogP contribution >= 0.6 is 0 Å². The molecule has 2 aromatic heterocycles. The Balaban J connectivity index is 1.99. The SMILES string of the molecule is CCCCCn1c(=O)ccc2cnc(Nc3cc(OC)cc(C(F)(F)F)c3)nc21. The Kier molecular flexibility index (Phi) is 6.05. The molecule has 6 nitrogen and oxygen atoms in total. The van der Waals surface area contributed by atoms with Gasteiger partial charge < -0.3 is 10.1 Å². The van der Waals surface area contributed by atoms with Crippen molar-refractivity contribution >= 4 is 22.7 Å². The fraction of sp³-hybridized carbons (Fsp3) is 0.350. The standard InChI is InChI=1S/C20H21F3N4O2/c1-3-4-5-8-27-17(28)7-6-13-12-24-19(26-18(13)27)25-15-9-14(20(21,22)23)10-16(11-15)29-2/h6-7,9-12H,3-5,8H2,1-2H3,(H,24,25,26). The van der Waals surface area contributed by atoms with Crippen molar-refractivity contribution < 1.29 is 17.9 Å². The lowest BCUT2D eigenvalue weighted by molar-refractivity contribution is -0.137. The summed E-state index contributed by atoms with van der Waals surface area (Å²) in [5, 5.41) is 3.45. The first-order valence-electron chi connectivity index (χ1n) is 9.21. The number of pyridine rings is 1. The highest BCUT2D eigenvalue weighted by atomic mass is 19.4. The second-order valence-corrected chi connectivity index (χ2v) is 6.58. The average Bonchev–Trinajstić information content (AvgIpc) is 2.69. The maximum atomic E-state index is 13.1. The molecule has 2 heterocycles. The van der Waals surface area contributed by atoms with Crippen molar-refractivity contribution in [3.63, 3.8) is 0 Å². The molecule has 0 aliphatic heterocycles. The summed E-state index contributed by atoms with van der Waals surface area (Å²) < 4.78 is 45.9. The van der Waals surface area contributed by atoms with E-state index >= 15 is 0 Å². The number of anilines is 2. The van der Waals surface area contributed by atoms with E-state index in [0.29, 0.717) is 17.6 Å². The summed E-state index contributed by atoms with van der Waals surface area (Å²) in [5.74, 6) is 0.147. The predicted molar refractivity (Wildman–Crippen MR) is 105 cm³/mol. The van der Waals surface area contributed by atoms with Crippen molar-refractivity contribution in [1.29, 1.82) is 0 Å². The molecule has 1 aromatic carbocycles. The minimum absolute atomic E-state index is 0.0552. The van der Waals surface area contributed by atoms with Crippen LogP contribution in [-0.2, 0) is 12.7 Å². The van der Waals surface area contributed by atoms with Gasteiger partial charge in [-0.3, -0.25) is 9.36 Å². The summed E-state index contributed by atoms with van der Waals surface area (Å²) in [5.41, 5.74) is -0.465. The summed E-state index contributed by atoms with van der Waals surface area (Å²) in [6.45, 7) is 2.58. The number of hydrogen-bond acceptors (Lipinski definition) is 5. The number of methoxy groups -OCH3 is 1. The number of unbranched alkanes of at least 4 members (excludes halogenated alkanes) is 2. The molecule has 0 atom stereocenters. The third kappa shape index (κ3) is 4.85. The van der Waals surface area contributed by atoms with E-state index in [1.165, 1.54) is 25.4 Å². The average molecular weight is 406 g/mol. The Bertz CT molecular complexity index is 1060. The van der Waals surface area contributed by atoms with Crippen molar-refractivity contribution in [3.05, 3.63) is 52.4 Å². The molecule has 154 valence electrons. The van der Waals surface area contributed by atoms with Gasteiger partial charge in [0.25, 0.3) is 5.56 Å². The maximum Gasteiger partial charge on any atom is 0.416 e. The number of hydrogen-bond donors (Lipinski definition) is 1. The lowest BCUT2D eigenvalue weighted by Gasteiger charge is -2.13. The van der Waals surface area contributed by atoms with Gasteiger partial charge in [-0.1, -0.05) is 19.8 Å². The summed E-state index contributed by atoms with van der Waals surface area (Å²) in [6, 6.07) is 6.38. The second-order valence-electron chi connectivity index (χ2n) is 6.58. The van der Waals surface area contributed by atoms with Crippen molar-refractivity contribution in [2.75, 3.05) is 12.4 Å². The van der Waals surface area contributed by atoms with Crippen LogP contribution in [-0.4, -0.2) is 21.6 Å².